The highest BCUT2D eigenvalue weighted by molar-refractivity contribution is 9.10. The van der Waals surface area contributed by atoms with E-state index in [0.717, 1.165) is 17.0 Å². The first-order valence-corrected chi connectivity index (χ1v) is 11.9. The van der Waals surface area contributed by atoms with E-state index in [0.29, 0.717) is 33.7 Å². The molecule has 0 aliphatic carbocycles. The van der Waals surface area contributed by atoms with Crippen LogP contribution >= 0.6 is 15.9 Å². The Hall–Kier alpha value is -3.20. The summed E-state index contributed by atoms with van der Waals surface area (Å²) >= 11 is 3.39. The molecule has 0 N–H and O–H groups in total. The van der Waals surface area contributed by atoms with Gasteiger partial charge in [-0.1, -0.05) is 41.9 Å². The minimum atomic E-state index is -4.49. The lowest BCUT2D eigenvalue weighted by molar-refractivity contribution is -0.137. The van der Waals surface area contributed by atoms with Gasteiger partial charge in [-0.15, -0.1) is 0 Å². The molecule has 4 aromatic rings. The number of hydrogen-bond acceptors (Lipinski definition) is 3. The fourth-order valence-corrected chi connectivity index (χ4v) is 4.46. The fourth-order valence-electron chi connectivity index (χ4n) is 4.10. The zero-order valence-electron chi connectivity index (χ0n) is 19.7. The first kappa shape index (κ1) is 24.9. The van der Waals surface area contributed by atoms with Crippen molar-refractivity contribution in [3.8, 4) is 5.69 Å². The molecule has 0 unspecified atom stereocenters. The summed E-state index contributed by atoms with van der Waals surface area (Å²) in [6.07, 6.45) is -2.22. The van der Waals surface area contributed by atoms with Gasteiger partial charge in [-0.2, -0.15) is 22.9 Å². The average molecular weight is 545 g/mol. The summed E-state index contributed by atoms with van der Waals surface area (Å²) in [7, 11) is 0. The highest BCUT2D eigenvalue weighted by Crippen LogP contribution is 2.35. The number of hydrogen-bond donors (Lipinski definition) is 0. The van der Waals surface area contributed by atoms with E-state index in [1.807, 2.05) is 19.9 Å². The Morgan fingerprint density at radius 1 is 1.14 bits per heavy atom. The van der Waals surface area contributed by atoms with Crippen LogP contribution in [0.5, 0.6) is 0 Å². The van der Waals surface area contributed by atoms with Gasteiger partial charge in [0.2, 0.25) is 0 Å². The lowest BCUT2D eigenvalue weighted by Crippen LogP contribution is -2.23. The average Bonchev–Trinajstić information content (AvgIpc) is 3.10. The highest BCUT2D eigenvalue weighted by Gasteiger charge is 2.34. The summed E-state index contributed by atoms with van der Waals surface area (Å²) in [5.74, 6) is 0.499. The van der Waals surface area contributed by atoms with Crippen LogP contribution in [0.4, 0.5) is 13.2 Å². The molecule has 0 saturated heterocycles. The van der Waals surface area contributed by atoms with Gasteiger partial charge in [0.1, 0.15) is 5.82 Å². The maximum atomic E-state index is 13.6. The van der Waals surface area contributed by atoms with Gasteiger partial charge >= 0.3 is 6.18 Å². The second kappa shape index (κ2) is 9.45. The number of fused-ring (bicyclic) bond motifs is 1. The number of aryl methyl sites for hydroxylation is 1. The van der Waals surface area contributed by atoms with Crippen LogP contribution in [0.25, 0.3) is 16.6 Å². The molecule has 9 heteroatoms. The van der Waals surface area contributed by atoms with Crippen LogP contribution in [-0.4, -0.2) is 20.4 Å². The van der Waals surface area contributed by atoms with Gasteiger partial charge in [-0.3, -0.25) is 4.79 Å². The van der Waals surface area contributed by atoms with Gasteiger partial charge in [0.05, 0.1) is 28.4 Å². The summed E-state index contributed by atoms with van der Waals surface area (Å²) in [6, 6.07) is 12.5. The second-order valence-corrected chi connectivity index (χ2v) is 9.39. The van der Waals surface area contributed by atoms with Crippen LogP contribution in [0, 0.1) is 13.8 Å². The van der Waals surface area contributed by atoms with Crippen molar-refractivity contribution >= 4 is 33.0 Å². The van der Waals surface area contributed by atoms with Crippen LogP contribution < -0.4 is 5.56 Å². The molecule has 0 aliphatic rings. The van der Waals surface area contributed by atoms with Crippen LogP contribution in [0.15, 0.2) is 62.9 Å². The fraction of sp³-hybridized carbons (Fsp3) is 0.269. The maximum Gasteiger partial charge on any atom is 0.418 e. The third-order valence-electron chi connectivity index (χ3n) is 6.12. The number of alkyl halides is 3. The molecule has 0 amide bonds. The molecular weight excluding hydrogens is 521 g/mol. The molecular formula is C26H24BrF3N4O. The van der Waals surface area contributed by atoms with E-state index >= 15 is 0 Å². The molecule has 1 atom stereocenters. The Labute approximate surface area is 209 Å². The van der Waals surface area contributed by atoms with Crippen molar-refractivity contribution in [1.82, 2.24) is 14.2 Å². The van der Waals surface area contributed by atoms with Crippen molar-refractivity contribution in [2.75, 3.05) is 0 Å². The summed E-state index contributed by atoms with van der Waals surface area (Å²) in [4.78, 5) is 18.0. The molecule has 2 heterocycles. The third kappa shape index (κ3) is 4.69. The number of halogens is 4. The first-order chi connectivity index (χ1) is 16.5. The summed E-state index contributed by atoms with van der Waals surface area (Å²) < 4.78 is 44.5. The molecule has 0 fully saturated rings. The van der Waals surface area contributed by atoms with E-state index in [1.165, 1.54) is 23.0 Å². The second-order valence-electron chi connectivity index (χ2n) is 8.48. The molecule has 4 rings (SSSR count). The van der Waals surface area contributed by atoms with Crippen molar-refractivity contribution in [3.63, 3.8) is 0 Å². The molecule has 182 valence electrons. The third-order valence-corrected chi connectivity index (χ3v) is 6.61. The molecule has 0 spiro atoms. The monoisotopic (exact) mass is 544 g/mol. The van der Waals surface area contributed by atoms with E-state index in [-0.39, 0.29) is 17.2 Å². The summed E-state index contributed by atoms with van der Waals surface area (Å²) in [5, 5.41) is 4.89. The number of benzene rings is 2. The largest absolute Gasteiger partial charge is 0.418 e. The van der Waals surface area contributed by atoms with E-state index in [2.05, 4.69) is 26.0 Å². The number of rotatable bonds is 5. The van der Waals surface area contributed by atoms with Crippen LogP contribution in [0.1, 0.15) is 54.5 Å². The molecule has 0 radical (unpaired) electrons. The number of nitrogens with zero attached hydrogens (tertiary/aromatic N) is 4. The minimum Gasteiger partial charge on any atom is -0.317 e. The summed E-state index contributed by atoms with van der Waals surface area (Å²) in [5.41, 5.74) is 1.42. The van der Waals surface area contributed by atoms with Gasteiger partial charge < -0.3 is 4.57 Å². The van der Waals surface area contributed by atoms with E-state index < -0.39 is 11.7 Å². The highest BCUT2D eigenvalue weighted by atomic mass is 79.9. The van der Waals surface area contributed by atoms with Crippen molar-refractivity contribution in [1.29, 1.82) is 0 Å². The van der Waals surface area contributed by atoms with Crippen molar-refractivity contribution < 1.29 is 13.2 Å². The zero-order chi connectivity index (χ0) is 25.5. The van der Waals surface area contributed by atoms with Gasteiger partial charge in [0.25, 0.3) is 5.56 Å². The first-order valence-electron chi connectivity index (χ1n) is 11.1. The lowest BCUT2D eigenvalue weighted by atomic mass is 10.1. The predicted molar refractivity (Wildman–Crippen MR) is 136 cm³/mol. The minimum absolute atomic E-state index is 0.0287. The van der Waals surface area contributed by atoms with E-state index in [4.69, 9.17) is 0 Å². The van der Waals surface area contributed by atoms with Gasteiger partial charge in [-0.25, -0.2) is 4.98 Å². The van der Waals surface area contributed by atoms with Crippen molar-refractivity contribution in [2.45, 2.75) is 46.2 Å². The molecule has 2 aromatic carbocycles. The van der Waals surface area contributed by atoms with Crippen LogP contribution in [-0.2, 0) is 6.18 Å². The van der Waals surface area contributed by atoms with Crippen LogP contribution in [0.2, 0.25) is 0 Å². The Balaban J connectivity index is 1.86. The Kier molecular flexibility index (Phi) is 6.73. The van der Waals surface area contributed by atoms with Crippen LogP contribution in [0.3, 0.4) is 0 Å². The number of aromatic nitrogens is 3. The molecule has 2 aromatic heterocycles. The topological polar surface area (TPSA) is 52.2 Å². The van der Waals surface area contributed by atoms with Gasteiger partial charge in [0, 0.05) is 27.3 Å². The Morgan fingerprint density at radius 3 is 2.54 bits per heavy atom. The lowest BCUT2D eigenvalue weighted by Gasteiger charge is -2.16. The Morgan fingerprint density at radius 2 is 1.86 bits per heavy atom. The van der Waals surface area contributed by atoms with Gasteiger partial charge in [0.15, 0.2) is 0 Å². The molecule has 0 saturated carbocycles. The zero-order valence-corrected chi connectivity index (χ0v) is 21.3. The maximum absolute atomic E-state index is 13.6. The summed E-state index contributed by atoms with van der Waals surface area (Å²) in [6.45, 7) is 7.44. The molecule has 0 bridgehead atoms. The van der Waals surface area contributed by atoms with E-state index in [9.17, 15) is 18.0 Å². The van der Waals surface area contributed by atoms with Crippen molar-refractivity contribution in [2.24, 2.45) is 5.10 Å². The standard InChI is InChI=1S/C26H24BrF3N4O/c1-5-15(2)24-32-22-11-10-19(27)13-20(22)25(35)34(24)31-14-18-12-16(3)33(17(18)4)23-9-7-6-8-21(23)26(28,29)30/h6-15H,5H2,1-4H3/t15-/m1/s1. The van der Waals surface area contributed by atoms with E-state index in [1.54, 1.807) is 42.7 Å². The predicted octanol–water partition coefficient (Wildman–Crippen LogP) is 6.98. The molecule has 5 nitrogen and oxygen atoms in total. The molecule has 35 heavy (non-hydrogen) atoms. The molecule has 0 aliphatic heterocycles. The number of para-hydroxylation sites is 1. The van der Waals surface area contributed by atoms with Gasteiger partial charge in [-0.05, 0) is 56.7 Å². The Bertz CT molecular complexity index is 1500. The normalized spacial score (nSPS) is 13.1. The smallest absolute Gasteiger partial charge is 0.317 e. The van der Waals surface area contributed by atoms with Crippen molar-refractivity contribution in [3.05, 3.63) is 91.7 Å². The quantitative estimate of drug-likeness (QED) is 0.254. The SMILES string of the molecule is CC[C@@H](C)c1nc2ccc(Br)cc2c(=O)n1N=Cc1cc(C)n(-c2ccccc2C(F)(F)F)c1C.